The minimum Gasteiger partial charge on any atom is -0.493 e. The second kappa shape index (κ2) is 10.5. The Bertz CT molecular complexity index is 828. The van der Waals surface area contributed by atoms with Crippen LogP contribution >= 0.6 is 0 Å². The molecule has 1 aliphatic rings. The molecule has 2 aromatic carbocycles. The van der Waals surface area contributed by atoms with Gasteiger partial charge in [0, 0.05) is 44.5 Å². The van der Waals surface area contributed by atoms with Gasteiger partial charge in [-0.3, -0.25) is 14.6 Å². The third kappa shape index (κ3) is 5.97. The molecule has 30 heavy (non-hydrogen) atoms. The molecule has 0 spiro atoms. The zero-order chi connectivity index (χ0) is 21.5. The van der Waals surface area contributed by atoms with Crippen LogP contribution in [0.2, 0.25) is 0 Å². The SMILES string of the molecule is COc1ccc(NC(=O)CN2CCN(Cc3ccc(C(C)C)cc3)CC2)cc1OC. The van der Waals surface area contributed by atoms with E-state index in [4.69, 9.17) is 9.47 Å². The summed E-state index contributed by atoms with van der Waals surface area (Å²) in [5, 5.41) is 2.95. The standard InChI is InChI=1S/C24H33N3O3/c1-18(2)20-7-5-19(6-8-20)16-26-11-13-27(14-12-26)17-24(28)25-21-9-10-22(29-3)23(15-21)30-4/h5-10,15,18H,11-14,16-17H2,1-4H3,(H,25,28). The van der Waals surface area contributed by atoms with E-state index in [1.807, 2.05) is 6.07 Å². The minimum absolute atomic E-state index is 0.0139. The monoisotopic (exact) mass is 411 g/mol. The maximum absolute atomic E-state index is 12.5. The number of nitrogens with one attached hydrogen (secondary N) is 1. The molecule has 6 heteroatoms. The predicted octanol–water partition coefficient (Wildman–Crippen LogP) is 3.58. The number of nitrogens with zero attached hydrogens (tertiary/aromatic N) is 2. The number of hydrogen-bond acceptors (Lipinski definition) is 5. The summed E-state index contributed by atoms with van der Waals surface area (Å²) in [6.45, 7) is 9.51. The van der Waals surface area contributed by atoms with Crippen LogP contribution in [0.4, 0.5) is 5.69 Å². The van der Waals surface area contributed by atoms with Crippen molar-refractivity contribution in [1.82, 2.24) is 9.80 Å². The van der Waals surface area contributed by atoms with Gasteiger partial charge in [0.25, 0.3) is 0 Å². The number of piperazine rings is 1. The summed E-state index contributed by atoms with van der Waals surface area (Å²) in [5.41, 5.74) is 3.43. The smallest absolute Gasteiger partial charge is 0.238 e. The van der Waals surface area contributed by atoms with Gasteiger partial charge in [0.2, 0.25) is 5.91 Å². The van der Waals surface area contributed by atoms with Gasteiger partial charge in [-0.25, -0.2) is 0 Å². The first kappa shape index (κ1) is 22.1. The van der Waals surface area contributed by atoms with Gasteiger partial charge in [-0.15, -0.1) is 0 Å². The summed E-state index contributed by atoms with van der Waals surface area (Å²) >= 11 is 0. The third-order valence-corrected chi connectivity index (χ3v) is 5.55. The first-order valence-electron chi connectivity index (χ1n) is 10.5. The highest BCUT2D eigenvalue weighted by atomic mass is 16.5. The van der Waals surface area contributed by atoms with Crippen LogP contribution in [-0.4, -0.2) is 62.7 Å². The van der Waals surface area contributed by atoms with Crippen molar-refractivity contribution in [2.75, 3.05) is 52.3 Å². The Labute approximate surface area is 179 Å². The van der Waals surface area contributed by atoms with Crippen LogP contribution < -0.4 is 14.8 Å². The molecule has 0 saturated carbocycles. The molecule has 3 rings (SSSR count). The maximum atomic E-state index is 12.5. The molecular weight excluding hydrogens is 378 g/mol. The average Bonchev–Trinajstić information content (AvgIpc) is 2.75. The van der Waals surface area contributed by atoms with E-state index in [9.17, 15) is 4.79 Å². The Morgan fingerprint density at radius 2 is 1.57 bits per heavy atom. The molecule has 0 aliphatic carbocycles. The van der Waals surface area contributed by atoms with Crippen LogP contribution in [0.25, 0.3) is 0 Å². The molecule has 0 unspecified atom stereocenters. The molecule has 0 atom stereocenters. The van der Waals surface area contributed by atoms with Gasteiger partial charge in [0.1, 0.15) is 0 Å². The first-order valence-corrected chi connectivity index (χ1v) is 10.5. The minimum atomic E-state index is -0.0139. The summed E-state index contributed by atoms with van der Waals surface area (Å²) < 4.78 is 10.5. The van der Waals surface area contributed by atoms with Crippen molar-refractivity contribution in [2.24, 2.45) is 0 Å². The summed E-state index contributed by atoms with van der Waals surface area (Å²) in [5.74, 6) is 1.79. The Hall–Kier alpha value is -2.57. The molecule has 0 radical (unpaired) electrons. The molecule has 162 valence electrons. The van der Waals surface area contributed by atoms with Crippen molar-refractivity contribution in [3.63, 3.8) is 0 Å². The van der Waals surface area contributed by atoms with Crippen LogP contribution in [0.3, 0.4) is 0 Å². The zero-order valence-corrected chi connectivity index (χ0v) is 18.5. The summed E-state index contributed by atoms with van der Waals surface area (Å²) in [6.07, 6.45) is 0. The fourth-order valence-corrected chi connectivity index (χ4v) is 3.69. The molecule has 1 heterocycles. The number of rotatable bonds is 8. The fraction of sp³-hybridized carbons (Fsp3) is 0.458. The van der Waals surface area contributed by atoms with Crippen LogP contribution in [0.1, 0.15) is 30.9 Å². The Balaban J connectivity index is 1.44. The quantitative estimate of drug-likeness (QED) is 0.720. The number of methoxy groups -OCH3 is 2. The van der Waals surface area contributed by atoms with Gasteiger partial charge in [0.05, 0.1) is 20.8 Å². The van der Waals surface area contributed by atoms with E-state index in [-0.39, 0.29) is 5.91 Å². The molecule has 1 amide bonds. The Morgan fingerprint density at radius 1 is 0.933 bits per heavy atom. The number of anilines is 1. The van der Waals surface area contributed by atoms with Crippen molar-refractivity contribution >= 4 is 11.6 Å². The summed E-state index contributed by atoms with van der Waals surface area (Å²) in [4.78, 5) is 17.1. The van der Waals surface area contributed by atoms with Gasteiger partial charge in [-0.05, 0) is 29.2 Å². The molecule has 1 N–H and O–H groups in total. The van der Waals surface area contributed by atoms with E-state index >= 15 is 0 Å². The number of ether oxygens (including phenoxy) is 2. The van der Waals surface area contributed by atoms with Crippen molar-refractivity contribution in [1.29, 1.82) is 0 Å². The highest BCUT2D eigenvalue weighted by Crippen LogP contribution is 2.29. The van der Waals surface area contributed by atoms with Crippen molar-refractivity contribution in [3.05, 3.63) is 53.6 Å². The molecule has 0 aromatic heterocycles. The predicted molar refractivity (Wildman–Crippen MR) is 120 cm³/mol. The number of carbonyl (C=O) groups excluding carboxylic acids is 1. The number of hydrogen-bond donors (Lipinski definition) is 1. The summed E-state index contributed by atoms with van der Waals surface area (Å²) in [6, 6.07) is 14.3. The van der Waals surface area contributed by atoms with Crippen molar-refractivity contribution < 1.29 is 14.3 Å². The largest absolute Gasteiger partial charge is 0.493 e. The van der Waals surface area contributed by atoms with E-state index in [1.54, 1.807) is 26.4 Å². The lowest BCUT2D eigenvalue weighted by Gasteiger charge is -2.34. The van der Waals surface area contributed by atoms with Crippen LogP contribution in [0.15, 0.2) is 42.5 Å². The van der Waals surface area contributed by atoms with Crippen LogP contribution in [0.5, 0.6) is 11.5 Å². The lowest BCUT2D eigenvalue weighted by molar-refractivity contribution is -0.117. The second-order valence-electron chi connectivity index (χ2n) is 8.07. The molecule has 1 saturated heterocycles. The Morgan fingerprint density at radius 3 is 2.17 bits per heavy atom. The second-order valence-corrected chi connectivity index (χ2v) is 8.07. The Kier molecular flexibility index (Phi) is 7.71. The van der Waals surface area contributed by atoms with Gasteiger partial charge in [0.15, 0.2) is 11.5 Å². The highest BCUT2D eigenvalue weighted by Gasteiger charge is 2.19. The highest BCUT2D eigenvalue weighted by molar-refractivity contribution is 5.92. The van der Waals surface area contributed by atoms with E-state index in [0.717, 1.165) is 32.7 Å². The lowest BCUT2D eigenvalue weighted by atomic mass is 10.0. The normalized spacial score (nSPS) is 15.2. The van der Waals surface area contributed by atoms with Crippen molar-refractivity contribution in [2.45, 2.75) is 26.3 Å². The summed E-state index contributed by atoms with van der Waals surface area (Å²) in [7, 11) is 3.18. The molecule has 1 fully saturated rings. The first-order chi connectivity index (χ1) is 14.5. The molecule has 0 bridgehead atoms. The number of benzene rings is 2. The molecule has 2 aromatic rings. The van der Waals surface area contributed by atoms with Crippen LogP contribution in [-0.2, 0) is 11.3 Å². The van der Waals surface area contributed by atoms with Gasteiger partial charge in [-0.2, -0.15) is 0 Å². The maximum Gasteiger partial charge on any atom is 0.238 e. The topological polar surface area (TPSA) is 54.0 Å². The van der Waals surface area contributed by atoms with Gasteiger partial charge < -0.3 is 14.8 Å². The number of amides is 1. The van der Waals surface area contributed by atoms with E-state index < -0.39 is 0 Å². The lowest BCUT2D eigenvalue weighted by Crippen LogP contribution is -2.48. The molecular formula is C24H33N3O3. The van der Waals surface area contributed by atoms with Crippen LogP contribution in [0, 0.1) is 0 Å². The van der Waals surface area contributed by atoms with Gasteiger partial charge in [-0.1, -0.05) is 38.1 Å². The average molecular weight is 412 g/mol. The fourth-order valence-electron chi connectivity index (χ4n) is 3.69. The van der Waals surface area contributed by atoms with E-state index in [0.29, 0.717) is 29.6 Å². The van der Waals surface area contributed by atoms with E-state index in [1.165, 1.54) is 11.1 Å². The zero-order valence-electron chi connectivity index (χ0n) is 18.5. The molecule has 1 aliphatic heterocycles. The van der Waals surface area contributed by atoms with Gasteiger partial charge >= 0.3 is 0 Å². The number of carbonyl (C=O) groups is 1. The molecule has 6 nitrogen and oxygen atoms in total. The third-order valence-electron chi connectivity index (χ3n) is 5.55. The van der Waals surface area contributed by atoms with E-state index in [2.05, 4.69) is 53.2 Å². The van der Waals surface area contributed by atoms with Crippen molar-refractivity contribution in [3.8, 4) is 11.5 Å².